The fraction of sp³-hybridized carbons (Fsp3) is 1.00. The van der Waals surface area contributed by atoms with E-state index in [0.717, 1.165) is 37.6 Å². The number of rotatable bonds is 5. The van der Waals surface area contributed by atoms with E-state index < -0.39 is 0 Å². The lowest BCUT2D eigenvalue weighted by atomic mass is 10.2. The summed E-state index contributed by atoms with van der Waals surface area (Å²) in [7, 11) is 0. The van der Waals surface area contributed by atoms with Crippen LogP contribution in [-0.2, 0) is 4.74 Å². The van der Waals surface area contributed by atoms with Crippen LogP contribution in [0.25, 0.3) is 0 Å². The molecule has 0 aromatic carbocycles. The van der Waals surface area contributed by atoms with Crippen molar-refractivity contribution in [3.63, 3.8) is 0 Å². The average molecular weight is 299 g/mol. The van der Waals surface area contributed by atoms with Crippen LogP contribution in [0, 0.1) is 0 Å². The summed E-state index contributed by atoms with van der Waals surface area (Å²) in [5, 5.41) is 4.36. The number of likely N-dealkylation sites (tertiary alicyclic amines) is 1. The zero-order valence-corrected chi connectivity index (χ0v) is 13.4. The van der Waals surface area contributed by atoms with Gasteiger partial charge in [0.1, 0.15) is 0 Å². The molecular weight excluding hydrogens is 270 g/mol. The van der Waals surface area contributed by atoms with Crippen molar-refractivity contribution in [3.05, 3.63) is 0 Å². The first-order chi connectivity index (χ1) is 9.92. The molecule has 0 spiro atoms. The van der Waals surface area contributed by atoms with Crippen LogP contribution in [-0.4, -0.2) is 85.9 Å². The summed E-state index contributed by atoms with van der Waals surface area (Å²) < 4.78 is 5.45. The highest BCUT2D eigenvalue weighted by atomic mass is 32.2. The van der Waals surface area contributed by atoms with Crippen molar-refractivity contribution >= 4 is 11.8 Å². The highest BCUT2D eigenvalue weighted by Crippen LogP contribution is 2.22. The third-order valence-electron chi connectivity index (χ3n) is 4.86. The van der Waals surface area contributed by atoms with Crippen molar-refractivity contribution in [1.82, 2.24) is 15.1 Å². The summed E-state index contributed by atoms with van der Waals surface area (Å²) in [5.41, 5.74) is 0. The van der Waals surface area contributed by atoms with Gasteiger partial charge in [0.25, 0.3) is 0 Å². The molecule has 1 unspecified atom stereocenters. The Balaban J connectivity index is 1.31. The first kappa shape index (κ1) is 15.1. The van der Waals surface area contributed by atoms with Crippen molar-refractivity contribution in [3.8, 4) is 0 Å². The molecule has 0 aromatic heterocycles. The number of ether oxygens (including phenoxy) is 1. The second kappa shape index (κ2) is 7.99. The molecule has 3 rings (SSSR count). The van der Waals surface area contributed by atoms with Gasteiger partial charge in [0.15, 0.2) is 0 Å². The Kier molecular flexibility index (Phi) is 6.03. The van der Waals surface area contributed by atoms with Crippen LogP contribution >= 0.6 is 11.8 Å². The van der Waals surface area contributed by atoms with E-state index in [9.17, 15) is 0 Å². The molecule has 0 radical (unpaired) electrons. The van der Waals surface area contributed by atoms with E-state index >= 15 is 0 Å². The zero-order valence-electron chi connectivity index (χ0n) is 12.6. The maximum Gasteiger partial charge on any atom is 0.0594 e. The molecule has 1 atom stereocenters. The summed E-state index contributed by atoms with van der Waals surface area (Å²) in [6.45, 7) is 10.5. The molecule has 0 bridgehead atoms. The van der Waals surface area contributed by atoms with E-state index in [-0.39, 0.29) is 0 Å². The van der Waals surface area contributed by atoms with Crippen LogP contribution in [0.1, 0.15) is 19.3 Å². The number of piperidine rings is 1. The fourth-order valence-corrected chi connectivity index (χ4v) is 4.83. The summed E-state index contributed by atoms with van der Waals surface area (Å²) in [6, 6.07) is 0.794. The van der Waals surface area contributed by atoms with E-state index in [1.165, 1.54) is 57.7 Å². The van der Waals surface area contributed by atoms with E-state index in [2.05, 4.69) is 26.9 Å². The van der Waals surface area contributed by atoms with Gasteiger partial charge in [-0.3, -0.25) is 4.90 Å². The number of morpholine rings is 1. The standard InChI is InChI=1S/C15H29N3OS/c1-4-16-5-2-15(1)20-12-9-17-6-3-14(13-17)18-7-10-19-11-8-18/h14-16H,1-13H2. The van der Waals surface area contributed by atoms with E-state index in [0.29, 0.717) is 0 Å². The zero-order chi connectivity index (χ0) is 13.6. The molecule has 3 aliphatic rings. The first-order valence-electron chi connectivity index (χ1n) is 8.28. The van der Waals surface area contributed by atoms with Gasteiger partial charge in [-0.05, 0) is 38.9 Å². The molecule has 116 valence electrons. The molecule has 20 heavy (non-hydrogen) atoms. The molecule has 4 nitrogen and oxygen atoms in total. The maximum atomic E-state index is 5.45. The smallest absolute Gasteiger partial charge is 0.0594 e. The second-order valence-electron chi connectivity index (χ2n) is 6.21. The highest BCUT2D eigenvalue weighted by Gasteiger charge is 2.28. The van der Waals surface area contributed by atoms with Crippen molar-refractivity contribution < 1.29 is 4.74 Å². The molecule has 3 aliphatic heterocycles. The minimum atomic E-state index is 0.794. The minimum Gasteiger partial charge on any atom is -0.379 e. The highest BCUT2D eigenvalue weighted by molar-refractivity contribution is 7.99. The number of nitrogens with zero attached hydrogens (tertiary/aromatic N) is 2. The van der Waals surface area contributed by atoms with Crippen molar-refractivity contribution in [2.24, 2.45) is 0 Å². The topological polar surface area (TPSA) is 27.7 Å². The van der Waals surface area contributed by atoms with E-state index in [1.807, 2.05) is 0 Å². The Hall–Kier alpha value is 0.190. The van der Waals surface area contributed by atoms with Gasteiger partial charge < -0.3 is 15.0 Å². The molecule has 5 heteroatoms. The molecule has 1 N–H and O–H groups in total. The number of nitrogens with one attached hydrogen (secondary N) is 1. The molecular formula is C15H29N3OS. The van der Waals surface area contributed by atoms with Crippen molar-refractivity contribution in [2.75, 3.05) is 64.8 Å². The number of thioether (sulfide) groups is 1. The van der Waals surface area contributed by atoms with Crippen molar-refractivity contribution in [2.45, 2.75) is 30.6 Å². The lowest BCUT2D eigenvalue weighted by Crippen LogP contribution is -2.44. The van der Waals surface area contributed by atoms with E-state index in [4.69, 9.17) is 4.74 Å². The van der Waals surface area contributed by atoms with Gasteiger partial charge in [0.05, 0.1) is 13.2 Å². The molecule has 0 amide bonds. The number of hydrogen-bond donors (Lipinski definition) is 1. The molecule has 3 saturated heterocycles. The van der Waals surface area contributed by atoms with Gasteiger partial charge in [-0.2, -0.15) is 11.8 Å². The minimum absolute atomic E-state index is 0.794. The average Bonchev–Trinajstić information content (AvgIpc) is 2.98. The lowest BCUT2D eigenvalue weighted by molar-refractivity contribution is 0.0186. The van der Waals surface area contributed by atoms with Gasteiger partial charge in [-0.15, -0.1) is 0 Å². The molecule has 0 aliphatic carbocycles. The first-order valence-corrected chi connectivity index (χ1v) is 9.33. The van der Waals surface area contributed by atoms with Gasteiger partial charge >= 0.3 is 0 Å². The quantitative estimate of drug-likeness (QED) is 0.813. The van der Waals surface area contributed by atoms with Crippen LogP contribution < -0.4 is 5.32 Å². The van der Waals surface area contributed by atoms with Gasteiger partial charge in [-0.1, -0.05) is 0 Å². The Labute approximate surface area is 127 Å². The second-order valence-corrected chi connectivity index (χ2v) is 7.62. The lowest BCUT2D eigenvalue weighted by Gasteiger charge is -2.32. The Bertz CT molecular complexity index is 280. The third kappa shape index (κ3) is 4.34. The Morgan fingerprint density at radius 2 is 1.85 bits per heavy atom. The summed E-state index contributed by atoms with van der Waals surface area (Å²) >= 11 is 2.21. The van der Waals surface area contributed by atoms with Gasteiger partial charge in [0, 0.05) is 43.2 Å². The van der Waals surface area contributed by atoms with Crippen LogP contribution in [0.5, 0.6) is 0 Å². The predicted molar refractivity (Wildman–Crippen MR) is 85.6 cm³/mol. The summed E-state index contributed by atoms with van der Waals surface area (Å²) in [5.74, 6) is 1.32. The maximum absolute atomic E-state index is 5.45. The molecule has 0 saturated carbocycles. The monoisotopic (exact) mass is 299 g/mol. The van der Waals surface area contributed by atoms with Crippen molar-refractivity contribution in [1.29, 1.82) is 0 Å². The van der Waals surface area contributed by atoms with Gasteiger partial charge in [0.2, 0.25) is 0 Å². The van der Waals surface area contributed by atoms with Crippen LogP contribution in [0.15, 0.2) is 0 Å². The Morgan fingerprint density at radius 1 is 1.05 bits per heavy atom. The van der Waals surface area contributed by atoms with Gasteiger partial charge in [-0.25, -0.2) is 0 Å². The third-order valence-corrected chi connectivity index (χ3v) is 6.22. The van der Waals surface area contributed by atoms with Crippen LogP contribution in [0.3, 0.4) is 0 Å². The van der Waals surface area contributed by atoms with Crippen LogP contribution in [0.2, 0.25) is 0 Å². The Morgan fingerprint density at radius 3 is 2.65 bits per heavy atom. The number of hydrogen-bond acceptors (Lipinski definition) is 5. The largest absolute Gasteiger partial charge is 0.379 e. The summed E-state index contributed by atoms with van der Waals surface area (Å²) in [4.78, 5) is 5.32. The van der Waals surface area contributed by atoms with Crippen LogP contribution in [0.4, 0.5) is 0 Å². The molecule has 0 aromatic rings. The fourth-order valence-electron chi connectivity index (χ4n) is 3.57. The predicted octanol–water partition coefficient (Wildman–Crippen LogP) is 0.878. The molecule has 3 fully saturated rings. The normalized spacial score (nSPS) is 30.9. The van der Waals surface area contributed by atoms with E-state index in [1.54, 1.807) is 0 Å². The SMILES string of the molecule is C1CC(SCCN2CCC(N3CCOCC3)C2)CCN1. The molecule has 3 heterocycles. The summed E-state index contributed by atoms with van der Waals surface area (Å²) in [6.07, 6.45) is 4.08.